The number of carbonyl (C=O) groups is 3. The van der Waals surface area contributed by atoms with E-state index in [-0.39, 0.29) is 23.7 Å². The fourth-order valence-corrected chi connectivity index (χ4v) is 5.97. The molecule has 8 heteroatoms. The molecule has 0 unspecified atom stereocenters. The van der Waals surface area contributed by atoms with Gasteiger partial charge in [0.25, 0.3) is 11.8 Å². The van der Waals surface area contributed by atoms with Crippen LogP contribution in [0.2, 0.25) is 5.02 Å². The van der Waals surface area contributed by atoms with Crippen LogP contribution in [0.1, 0.15) is 67.4 Å². The second-order valence-electron chi connectivity index (χ2n) is 10.9. The zero-order chi connectivity index (χ0) is 26.2. The first kappa shape index (κ1) is 25.7. The number of ether oxygens (including phenoxy) is 1. The van der Waals surface area contributed by atoms with E-state index in [2.05, 4.69) is 29.3 Å². The standard InChI is InChI=1S/C29H34ClN3O4/c1-28(20-6-3-7-21(30)18-20)12-15-32(16-13-28)14-5-17-37-24-9-4-8-22-23(24)19-33(26(22)35)29(2)11-10-25(34)31-27(29)36/h3-4,6-9,18H,5,10-17,19H2,1-2H3,(H,31,34,36)/t29-/m0/s1. The lowest BCUT2D eigenvalue weighted by molar-refractivity contribution is -0.142. The van der Waals surface area contributed by atoms with Gasteiger partial charge in [0.05, 0.1) is 13.2 Å². The van der Waals surface area contributed by atoms with E-state index in [4.69, 9.17) is 16.3 Å². The second kappa shape index (κ2) is 10.1. The van der Waals surface area contributed by atoms with Gasteiger partial charge in [-0.3, -0.25) is 19.7 Å². The van der Waals surface area contributed by atoms with E-state index in [1.165, 1.54) is 5.56 Å². The lowest BCUT2D eigenvalue weighted by Gasteiger charge is -2.40. The topological polar surface area (TPSA) is 79.0 Å². The highest BCUT2D eigenvalue weighted by molar-refractivity contribution is 6.30. The Kier molecular flexibility index (Phi) is 7.03. The van der Waals surface area contributed by atoms with E-state index in [1.54, 1.807) is 17.9 Å². The molecule has 0 aromatic heterocycles. The summed E-state index contributed by atoms with van der Waals surface area (Å²) in [5.41, 5.74) is 1.80. The molecule has 7 nitrogen and oxygen atoms in total. The van der Waals surface area contributed by atoms with Crippen molar-refractivity contribution in [3.8, 4) is 5.75 Å². The van der Waals surface area contributed by atoms with E-state index >= 15 is 0 Å². The van der Waals surface area contributed by atoms with Gasteiger partial charge in [0.15, 0.2) is 0 Å². The van der Waals surface area contributed by atoms with E-state index in [0.29, 0.717) is 30.9 Å². The Morgan fingerprint density at radius 1 is 1.03 bits per heavy atom. The SMILES string of the molecule is CC1(c2cccc(Cl)c2)CCN(CCCOc2cccc3c2CN([C@@]2(C)CCC(=O)NC2=O)C3=O)CC1. The van der Waals surface area contributed by atoms with Gasteiger partial charge in [-0.15, -0.1) is 0 Å². The van der Waals surface area contributed by atoms with Crippen molar-refractivity contribution in [2.24, 2.45) is 0 Å². The van der Waals surface area contributed by atoms with Crippen molar-refractivity contribution in [3.63, 3.8) is 0 Å². The number of nitrogens with one attached hydrogen (secondary N) is 1. The molecule has 3 heterocycles. The van der Waals surface area contributed by atoms with Gasteiger partial charge in [0.1, 0.15) is 11.3 Å². The maximum Gasteiger partial charge on any atom is 0.255 e. The molecule has 0 bridgehead atoms. The number of likely N-dealkylation sites (tertiary alicyclic amines) is 1. The third kappa shape index (κ3) is 4.99. The van der Waals surface area contributed by atoms with Crippen molar-refractivity contribution in [3.05, 3.63) is 64.2 Å². The summed E-state index contributed by atoms with van der Waals surface area (Å²) in [7, 11) is 0. The van der Waals surface area contributed by atoms with Gasteiger partial charge in [-0.1, -0.05) is 36.7 Å². The minimum atomic E-state index is -1.05. The monoisotopic (exact) mass is 523 g/mol. The Balaban J connectivity index is 1.14. The van der Waals surface area contributed by atoms with Gasteiger partial charge >= 0.3 is 0 Å². The molecule has 2 saturated heterocycles. The van der Waals surface area contributed by atoms with Crippen LogP contribution in [0, 0.1) is 0 Å². The maximum absolute atomic E-state index is 13.2. The van der Waals surface area contributed by atoms with Crippen molar-refractivity contribution in [2.75, 3.05) is 26.2 Å². The first-order chi connectivity index (χ1) is 17.7. The molecule has 3 amide bonds. The van der Waals surface area contributed by atoms with Crippen LogP contribution in [0.15, 0.2) is 42.5 Å². The fraction of sp³-hybridized carbons (Fsp3) is 0.483. The molecule has 0 spiro atoms. The predicted molar refractivity (Wildman–Crippen MR) is 142 cm³/mol. The molecule has 196 valence electrons. The predicted octanol–water partition coefficient (Wildman–Crippen LogP) is 4.31. The van der Waals surface area contributed by atoms with Gasteiger partial charge in [-0.05, 0) is 80.9 Å². The summed E-state index contributed by atoms with van der Waals surface area (Å²) in [5.74, 6) is -0.209. The number of carbonyl (C=O) groups excluding carboxylic acids is 3. The average Bonchev–Trinajstić information content (AvgIpc) is 3.23. The Hall–Kier alpha value is -2.90. The normalized spacial score (nSPS) is 23.6. The maximum atomic E-state index is 13.2. The Morgan fingerprint density at radius 3 is 2.51 bits per heavy atom. The molecular formula is C29H34ClN3O4. The second-order valence-corrected chi connectivity index (χ2v) is 11.4. The molecule has 3 aliphatic heterocycles. The van der Waals surface area contributed by atoms with Crippen LogP contribution in [0.25, 0.3) is 0 Å². The van der Waals surface area contributed by atoms with Gasteiger partial charge in [0, 0.05) is 29.1 Å². The average molecular weight is 524 g/mol. The van der Waals surface area contributed by atoms with Gasteiger partial charge in [-0.2, -0.15) is 0 Å². The number of amides is 3. The van der Waals surface area contributed by atoms with Crippen LogP contribution in [0.3, 0.4) is 0 Å². The molecule has 37 heavy (non-hydrogen) atoms. The van der Waals surface area contributed by atoms with Crippen LogP contribution in [-0.4, -0.2) is 59.3 Å². The van der Waals surface area contributed by atoms with E-state index in [9.17, 15) is 14.4 Å². The number of halogens is 1. The molecule has 1 N–H and O–H groups in total. The first-order valence-corrected chi connectivity index (χ1v) is 13.5. The molecule has 2 aromatic rings. The number of fused-ring (bicyclic) bond motifs is 1. The molecule has 2 fully saturated rings. The quantitative estimate of drug-likeness (QED) is 0.432. The lowest BCUT2D eigenvalue weighted by atomic mass is 9.74. The highest BCUT2D eigenvalue weighted by Gasteiger charge is 2.49. The van der Waals surface area contributed by atoms with Crippen LogP contribution in [-0.2, 0) is 21.5 Å². The summed E-state index contributed by atoms with van der Waals surface area (Å²) < 4.78 is 6.15. The smallest absolute Gasteiger partial charge is 0.255 e. The third-order valence-electron chi connectivity index (χ3n) is 8.46. The zero-order valence-electron chi connectivity index (χ0n) is 21.5. The Bertz CT molecular complexity index is 1220. The van der Waals surface area contributed by atoms with Crippen molar-refractivity contribution in [1.82, 2.24) is 15.1 Å². The molecule has 1 atom stereocenters. The minimum absolute atomic E-state index is 0.153. The lowest BCUT2D eigenvalue weighted by Crippen LogP contribution is -2.61. The van der Waals surface area contributed by atoms with Crippen molar-refractivity contribution in [1.29, 1.82) is 0 Å². The van der Waals surface area contributed by atoms with Crippen LogP contribution in [0.4, 0.5) is 0 Å². The minimum Gasteiger partial charge on any atom is -0.493 e. The summed E-state index contributed by atoms with van der Waals surface area (Å²) in [5, 5.41) is 3.18. The van der Waals surface area contributed by atoms with Gasteiger partial charge < -0.3 is 14.5 Å². The number of nitrogens with zero attached hydrogens (tertiary/aromatic N) is 2. The van der Waals surface area contributed by atoms with Crippen LogP contribution >= 0.6 is 11.6 Å². The zero-order valence-corrected chi connectivity index (χ0v) is 22.3. The number of hydrogen-bond donors (Lipinski definition) is 1. The van der Waals surface area contributed by atoms with E-state index < -0.39 is 11.4 Å². The largest absolute Gasteiger partial charge is 0.493 e. The molecule has 0 radical (unpaired) electrons. The summed E-state index contributed by atoms with van der Waals surface area (Å²) in [6.45, 7) is 7.95. The van der Waals surface area contributed by atoms with Gasteiger partial charge in [-0.25, -0.2) is 0 Å². The summed E-state index contributed by atoms with van der Waals surface area (Å²) in [6.07, 6.45) is 3.62. The third-order valence-corrected chi connectivity index (χ3v) is 8.69. The molecular weight excluding hydrogens is 490 g/mol. The Labute approximate surface area is 223 Å². The van der Waals surface area contributed by atoms with E-state index in [1.807, 2.05) is 24.3 Å². The summed E-state index contributed by atoms with van der Waals surface area (Å²) >= 11 is 6.22. The highest BCUT2D eigenvalue weighted by atomic mass is 35.5. The van der Waals surface area contributed by atoms with Crippen LogP contribution < -0.4 is 10.1 Å². The Morgan fingerprint density at radius 2 is 1.78 bits per heavy atom. The first-order valence-electron chi connectivity index (χ1n) is 13.1. The number of imide groups is 1. The molecule has 5 rings (SSSR count). The van der Waals surface area contributed by atoms with Crippen molar-refractivity contribution in [2.45, 2.75) is 63.5 Å². The van der Waals surface area contributed by atoms with Crippen LogP contribution in [0.5, 0.6) is 5.75 Å². The van der Waals surface area contributed by atoms with Crippen molar-refractivity contribution >= 4 is 29.3 Å². The summed E-state index contributed by atoms with van der Waals surface area (Å²) in [4.78, 5) is 41.5. The molecule has 0 aliphatic carbocycles. The molecule has 0 saturated carbocycles. The van der Waals surface area contributed by atoms with Crippen molar-refractivity contribution < 1.29 is 19.1 Å². The molecule has 3 aliphatic rings. The number of piperidine rings is 2. The number of rotatable bonds is 7. The number of hydrogen-bond acceptors (Lipinski definition) is 5. The molecule has 2 aromatic carbocycles. The summed E-state index contributed by atoms with van der Waals surface area (Å²) in [6, 6.07) is 13.7. The van der Waals surface area contributed by atoms with E-state index in [0.717, 1.165) is 49.5 Å². The highest BCUT2D eigenvalue weighted by Crippen LogP contribution is 2.38. The van der Waals surface area contributed by atoms with Gasteiger partial charge in [0.2, 0.25) is 5.91 Å². The number of benzene rings is 2. The fourth-order valence-electron chi connectivity index (χ4n) is 5.78.